The van der Waals surface area contributed by atoms with Gasteiger partial charge in [0, 0.05) is 25.6 Å². The second kappa shape index (κ2) is 10.7. The van der Waals surface area contributed by atoms with Crippen LogP contribution in [0.4, 0.5) is 0 Å². The molecular weight excluding hydrogens is 409 g/mol. The fraction of sp³-hybridized carbons (Fsp3) is 0.652. The molecule has 0 saturated heterocycles. The number of rotatable bonds is 10. The third-order valence-corrected chi connectivity index (χ3v) is 6.88. The van der Waals surface area contributed by atoms with Crippen LogP contribution in [0.2, 0.25) is 0 Å². The number of para-hydroxylation sites is 1. The average molecular weight is 443 g/mol. The van der Waals surface area contributed by atoms with E-state index in [0.29, 0.717) is 30.4 Å². The predicted octanol–water partition coefficient (Wildman–Crippen LogP) is 1.36. The fourth-order valence-electron chi connectivity index (χ4n) is 4.81. The smallest absolute Gasteiger partial charge is 0.534 e. The second-order valence-electron chi connectivity index (χ2n) is 9.51. The monoisotopic (exact) mass is 443 g/mol. The van der Waals surface area contributed by atoms with Gasteiger partial charge in [-0.3, -0.25) is 4.79 Å². The normalized spacial score (nSPS) is 25.0. The first-order valence-electron chi connectivity index (χ1n) is 11.9. The number of aromatic carboxylic acids is 1. The van der Waals surface area contributed by atoms with Crippen molar-refractivity contribution in [2.45, 2.75) is 63.3 Å². The van der Waals surface area contributed by atoms with Crippen molar-refractivity contribution in [1.29, 1.82) is 0 Å². The Kier molecular flexibility index (Phi) is 7.70. The number of nitrogens with one attached hydrogen (secondary N) is 3. The van der Waals surface area contributed by atoms with Gasteiger partial charge in [0.15, 0.2) is 0 Å². The minimum atomic E-state index is -1.26. The molecule has 174 valence electrons. The number of hydrogen-bond donors (Lipinski definition) is 5. The Labute approximate surface area is 189 Å². The molecule has 1 heterocycles. The zero-order valence-electron chi connectivity index (χ0n) is 18.5. The van der Waals surface area contributed by atoms with Gasteiger partial charge in [0.2, 0.25) is 5.91 Å². The van der Waals surface area contributed by atoms with E-state index in [-0.39, 0.29) is 17.2 Å². The van der Waals surface area contributed by atoms with Crippen LogP contribution in [0.25, 0.3) is 0 Å². The number of hydrogen-bond acceptors (Lipinski definition) is 6. The number of benzene rings is 1. The van der Waals surface area contributed by atoms with Crippen LogP contribution in [0.5, 0.6) is 5.75 Å². The van der Waals surface area contributed by atoms with Crippen LogP contribution >= 0.6 is 0 Å². The molecule has 1 aromatic carbocycles. The number of carboxylic acids is 1. The van der Waals surface area contributed by atoms with E-state index in [2.05, 4.69) is 16.0 Å². The van der Waals surface area contributed by atoms with Crippen LogP contribution in [0.15, 0.2) is 18.2 Å². The first-order valence-corrected chi connectivity index (χ1v) is 11.9. The summed E-state index contributed by atoms with van der Waals surface area (Å²) >= 11 is 0. The maximum absolute atomic E-state index is 12.6. The van der Waals surface area contributed by atoms with Gasteiger partial charge in [-0.15, -0.1) is 0 Å². The SMILES string of the molecule is O=C(CC1CCC(NCCNCC2CC2)CC1)N[C@H]1Cc2cccc(C(=O)O)c2OB1O. The van der Waals surface area contributed by atoms with Gasteiger partial charge < -0.3 is 30.7 Å². The largest absolute Gasteiger partial charge is 0.547 e. The van der Waals surface area contributed by atoms with Crippen molar-refractivity contribution in [3.8, 4) is 5.75 Å². The fourth-order valence-corrected chi connectivity index (χ4v) is 4.81. The zero-order valence-corrected chi connectivity index (χ0v) is 18.5. The molecule has 0 aromatic heterocycles. The molecule has 8 nitrogen and oxygen atoms in total. The second-order valence-corrected chi connectivity index (χ2v) is 9.51. The Morgan fingerprint density at radius 1 is 1.06 bits per heavy atom. The number of carbonyl (C=O) groups excluding carboxylic acids is 1. The summed E-state index contributed by atoms with van der Waals surface area (Å²) in [6.07, 6.45) is 7.76. The summed E-state index contributed by atoms with van der Waals surface area (Å²) in [6.45, 7) is 3.16. The van der Waals surface area contributed by atoms with Crippen molar-refractivity contribution in [1.82, 2.24) is 16.0 Å². The molecule has 0 radical (unpaired) electrons. The maximum atomic E-state index is 12.6. The lowest BCUT2D eigenvalue weighted by molar-refractivity contribution is -0.122. The summed E-state index contributed by atoms with van der Waals surface area (Å²) in [7, 11) is -1.26. The van der Waals surface area contributed by atoms with Gasteiger partial charge in [-0.05, 0) is 75.0 Å². The highest BCUT2D eigenvalue weighted by atomic mass is 16.5. The van der Waals surface area contributed by atoms with Crippen molar-refractivity contribution >= 4 is 19.0 Å². The highest BCUT2D eigenvalue weighted by Gasteiger charge is 2.38. The molecule has 0 unspecified atom stereocenters. The Balaban J connectivity index is 1.17. The predicted molar refractivity (Wildman–Crippen MR) is 122 cm³/mol. The van der Waals surface area contributed by atoms with Gasteiger partial charge in [0.25, 0.3) is 0 Å². The molecule has 1 aromatic rings. The molecule has 1 amide bonds. The summed E-state index contributed by atoms with van der Waals surface area (Å²) in [5, 5.41) is 29.6. The Hall–Kier alpha value is -2.10. The highest BCUT2D eigenvalue weighted by molar-refractivity contribution is 6.47. The Bertz CT molecular complexity index is 811. The summed E-state index contributed by atoms with van der Waals surface area (Å²) in [6, 6.07) is 5.40. The summed E-state index contributed by atoms with van der Waals surface area (Å²) in [5.74, 6) is -0.317. The Morgan fingerprint density at radius 2 is 1.81 bits per heavy atom. The summed E-state index contributed by atoms with van der Waals surface area (Å²) in [5.41, 5.74) is 0.703. The first kappa shape index (κ1) is 23.1. The molecule has 9 heteroatoms. The molecule has 2 fully saturated rings. The van der Waals surface area contributed by atoms with Crippen LogP contribution < -0.4 is 20.6 Å². The molecule has 0 spiro atoms. The maximum Gasteiger partial charge on any atom is 0.547 e. The molecule has 3 aliphatic rings. The summed E-state index contributed by atoms with van der Waals surface area (Å²) < 4.78 is 5.46. The topological polar surface area (TPSA) is 120 Å². The Morgan fingerprint density at radius 3 is 2.53 bits per heavy atom. The number of carbonyl (C=O) groups is 2. The molecule has 2 aliphatic carbocycles. The van der Waals surface area contributed by atoms with Crippen molar-refractivity contribution in [3.63, 3.8) is 0 Å². The van der Waals surface area contributed by atoms with E-state index < -0.39 is 19.0 Å². The lowest BCUT2D eigenvalue weighted by atomic mass is 9.72. The van der Waals surface area contributed by atoms with Crippen LogP contribution in [0, 0.1) is 11.8 Å². The quantitative estimate of drug-likeness (QED) is 0.274. The molecule has 4 rings (SSSR count). The van der Waals surface area contributed by atoms with E-state index in [1.54, 1.807) is 12.1 Å². The van der Waals surface area contributed by atoms with Gasteiger partial charge in [-0.1, -0.05) is 12.1 Å². The first-order chi connectivity index (χ1) is 15.5. The van der Waals surface area contributed by atoms with E-state index in [1.807, 2.05) is 0 Å². The minimum absolute atomic E-state index is 0.0235. The van der Waals surface area contributed by atoms with E-state index in [4.69, 9.17) is 4.65 Å². The lowest BCUT2D eigenvalue weighted by Gasteiger charge is -2.31. The molecule has 0 bridgehead atoms. The average Bonchev–Trinajstić information content (AvgIpc) is 3.59. The molecule has 1 atom stereocenters. The van der Waals surface area contributed by atoms with E-state index in [9.17, 15) is 19.7 Å². The number of carboxylic acid groups (broad SMARTS) is 1. The standard InChI is InChI=1S/C23H34BN3O5/c28-21(12-15-6-8-18(9-7-15)26-11-10-25-14-16-4-5-16)27-20-13-17-2-1-3-19(23(29)30)22(17)32-24(20)31/h1-3,15-16,18,20,25-26,31H,4-14H2,(H,27,28)(H,29,30)/t15?,18?,20-/m0/s1. The number of fused-ring (bicyclic) bond motifs is 1. The third kappa shape index (κ3) is 6.24. The zero-order chi connectivity index (χ0) is 22.5. The number of amides is 1. The van der Waals surface area contributed by atoms with E-state index in [1.165, 1.54) is 18.9 Å². The van der Waals surface area contributed by atoms with Crippen LogP contribution in [0.1, 0.15) is 60.9 Å². The molecule has 1 aliphatic heterocycles. The molecule has 32 heavy (non-hydrogen) atoms. The van der Waals surface area contributed by atoms with Gasteiger partial charge >= 0.3 is 13.1 Å². The molecule has 2 saturated carbocycles. The van der Waals surface area contributed by atoms with E-state index in [0.717, 1.165) is 51.2 Å². The summed E-state index contributed by atoms with van der Waals surface area (Å²) in [4.78, 5) is 24.0. The third-order valence-electron chi connectivity index (χ3n) is 6.88. The molecular formula is C23H34BN3O5. The van der Waals surface area contributed by atoms with Gasteiger partial charge in [0.1, 0.15) is 5.75 Å². The van der Waals surface area contributed by atoms with Crippen molar-refractivity contribution in [3.05, 3.63) is 29.3 Å². The van der Waals surface area contributed by atoms with Crippen LogP contribution in [0.3, 0.4) is 0 Å². The highest BCUT2D eigenvalue weighted by Crippen LogP contribution is 2.31. The van der Waals surface area contributed by atoms with Crippen molar-refractivity contribution < 1.29 is 24.4 Å². The van der Waals surface area contributed by atoms with Crippen LogP contribution in [-0.4, -0.2) is 60.7 Å². The van der Waals surface area contributed by atoms with Gasteiger partial charge in [0.05, 0.1) is 11.5 Å². The van der Waals surface area contributed by atoms with Crippen LogP contribution in [-0.2, 0) is 11.2 Å². The van der Waals surface area contributed by atoms with Gasteiger partial charge in [-0.25, -0.2) is 4.79 Å². The van der Waals surface area contributed by atoms with Crippen molar-refractivity contribution in [2.75, 3.05) is 19.6 Å². The minimum Gasteiger partial charge on any atom is -0.534 e. The van der Waals surface area contributed by atoms with Gasteiger partial charge in [-0.2, -0.15) is 0 Å². The molecule has 5 N–H and O–H groups in total. The van der Waals surface area contributed by atoms with E-state index >= 15 is 0 Å². The lowest BCUT2D eigenvalue weighted by Crippen LogP contribution is -2.53. The van der Waals surface area contributed by atoms with Crippen molar-refractivity contribution in [2.24, 2.45) is 11.8 Å².